The molecule has 1 aliphatic rings. The highest BCUT2D eigenvalue weighted by Crippen LogP contribution is 2.36. The molecule has 1 aliphatic carbocycles. The lowest BCUT2D eigenvalue weighted by molar-refractivity contribution is 0.661. The van der Waals surface area contributed by atoms with E-state index < -0.39 is 0 Å². The molecule has 0 fully saturated rings. The number of nitrogens with one attached hydrogen (secondary N) is 2. The molecule has 3 aromatic rings. The Morgan fingerprint density at radius 3 is 2.61 bits per heavy atom. The normalized spacial score (nSPS) is 13.4. The molecule has 0 bridgehead atoms. The highest BCUT2D eigenvalue weighted by molar-refractivity contribution is 5.84. The Morgan fingerprint density at radius 1 is 1.14 bits per heavy atom. The van der Waals surface area contributed by atoms with Gasteiger partial charge in [-0.15, -0.1) is 0 Å². The molecule has 2 aromatic heterocycles. The van der Waals surface area contributed by atoms with Crippen molar-refractivity contribution in [2.45, 2.75) is 65.8 Å². The molecular weight excluding hydrogens is 346 g/mol. The van der Waals surface area contributed by atoms with Crippen molar-refractivity contribution in [3.8, 4) is 11.1 Å². The zero-order valence-corrected chi connectivity index (χ0v) is 17.7. The maximum absolute atomic E-state index is 5.10. The van der Waals surface area contributed by atoms with Gasteiger partial charge in [-0.05, 0) is 69.2 Å². The highest BCUT2D eigenvalue weighted by Gasteiger charge is 2.25. The summed E-state index contributed by atoms with van der Waals surface area (Å²) in [7, 11) is 1.95. The van der Waals surface area contributed by atoms with Gasteiger partial charge >= 0.3 is 0 Å². The monoisotopic (exact) mass is 377 g/mol. The van der Waals surface area contributed by atoms with Gasteiger partial charge < -0.3 is 10.6 Å². The fourth-order valence-corrected chi connectivity index (χ4v) is 4.39. The predicted molar refractivity (Wildman–Crippen MR) is 117 cm³/mol. The molecule has 148 valence electrons. The number of hydrogen-bond donors (Lipinski definition) is 2. The van der Waals surface area contributed by atoms with Crippen molar-refractivity contribution >= 4 is 17.2 Å². The van der Waals surface area contributed by atoms with Crippen molar-refractivity contribution in [1.29, 1.82) is 0 Å². The molecule has 5 nitrogen and oxygen atoms in total. The second kappa shape index (κ2) is 7.46. The van der Waals surface area contributed by atoms with Crippen molar-refractivity contribution < 1.29 is 0 Å². The number of benzene rings is 1. The van der Waals surface area contributed by atoms with Gasteiger partial charge in [0, 0.05) is 35.6 Å². The van der Waals surface area contributed by atoms with Gasteiger partial charge in [-0.1, -0.05) is 19.9 Å². The van der Waals surface area contributed by atoms with Gasteiger partial charge in [0.2, 0.25) is 0 Å². The fourth-order valence-electron chi connectivity index (χ4n) is 4.39. The Balaban J connectivity index is 1.94. The summed E-state index contributed by atoms with van der Waals surface area (Å²) in [6, 6.07) is 6.96. The molecule has 2 heterocycles. The van der Waals surface area contributed by atoms with Gasteiger partial charge in [0.25, 0.3) is 0 Å². The van der Waals surface area contributed by atoms with Crippen LogP contribution in [0, 0.1) is 13.8 Å². The summed E-state index contributed by atoms with van der Waals surface area (Å²) < 4.78 is 2.07. The first kappa shape index (κ1) is 18.8. The van der Waals surface area contributed by atoms with E-state index in [4.69, 9.17) is 10.1 Å². The zero-order valence-electron chi connectivity index (χ0n) is 17.7. The minimum atomic E-state index is 0.458. The molecule has 1 aromatic carbocycles. The van der Waals surface area contributed by atoms with Gasteiger partial charge in [0.05, 0.1) is 5.69 Å². The van der Waals surface area contributed by atoms with Crippen LogP contribution < -0.4 is 10.6 Å². The van der Waals surface area contributed by atoms with Gasteiger partial charge in [-0.2, -0.15) is 9.61 Å². The van der Waals surface area contributed by atoms with Crippen molar-refractivity contribution in [3.05, 3.63) is 40.7 Å². The number of nitrogens with zero attached hydrogens (tertiary/aromatic N) is 3. The lowest BCUT2D eigenvalue weighted by Crippen LogP contribution is -2.21. The van der Waals surface area contributed by atoms with Crippen LogP contribution in [-0.4, -0.2) is 27.7 Å². The number of aryl methyl sites for hydroxylation is 3. The van der Waals surface area contributed by atoms with Crippen LogP contribution in [0.5, 0.6) is 0 Å². The zero-order chi connectivity index (χ0) is 19.8. The Morgan fingerprint density at radius 2 is 1.93 bits per heavy atom. The van der Waals surface area contributed by atoms with Crippen LogP contribution in [-0.2, 0) is 12.8 Å². The number of fused-ring (bicyclic) bond motifs is 2. The van der Waals surface area contributed by atoms with Crippen LogP contribution in [0.2, 0.25) is 0 Å². The lowest BCUT2D eigenvalue weighted by Gasteiger charge is -2.20. The molecule has 0 saturated carbocycles. The third-order valence-electron chi connectivity index (χ3n) is 6.07. The van der Waals surface area contributed by atoms with Crippen LogP contribution in [0.1, 0.15) is 55.6 Å². The van der Waals surface area contributed by atoms with E-state index in [2.05, 4.69) is 61.0 Å². The summed E-state index contributed by atoms with van der Waals surface area (Å²) in [5.41, 5.74) is 9.34. The molecule has 0 atom stereocenters. The SMILES string of the molecule is CCC(CC)Nc1c2c(nc3c(-c4ccc(NC)cc4C)c(C)nn13)CCC2. The average Bonchev–Trinajstić information content (AvgIpc) is 3.29. The van der Waals surface area contributed by atoms with Gasteiger partial charge in [0.1, 0.15) is 5.82 Å². The van der Waals surface area contributed by atoms with Crippen LogP contribution >= 0.6 is 0 Å². The Labute approximate surface area is 167 Å². The molecule has 0 radical (unpaired) electrons. The van der Waals surface area contributed by atoms with Crippen molar-refractivity contribution in [2.75, 3.05) is 17.7 Å². The second-order valence-corrected chi connectivity index (χ2v) is 7.87. The molecule has 0 amide bonds. The van der Waals surface area contributed by atoms with Crippen LogP contribution in [0.4, 0.5) is 11.5 Å². The molecule has 5 heteroatoms. The predicted octanol–water partition coefficient (Wildman–Crippen LogP) is 5.14. The first-order valence-electron chi connectivity index (χ1n) is 10.5. The van der Waals surface area contributed by atoms with Crippen molar-refractivity contribution in [1.82, 2.24) is 14.6 Å². The van der Waals surface area contributed by atoms with E-state index in [-0.39, 0.29) is 0 Å². The number of aromatic nitrogens is 3. The van der Waals surface area contributed by atoms with Crippen LogP contribution in [0.25, 0.3) is 16.8 Å². The molecule has 0 spiro atoms. The molecular formula is C23H31N5. The molecule has 2 N–H and O–H groups in total. The van der Waals surface area contributed by atoms with Crippen molar-refractivity contribution in [2.24, 2.45) is 0 Å². The lowest BCUT2D eigenvalue weighted by atomic mass is 10.00. The average molecular weight is 378 g/mol. The maximum atomic E-state index is 5.10. The van der Waals surface area contributed by atoms with E-state index in [0.29, 0.717) is 6.04 Å². The number of rotatable bonds is 6. The van der Waals surface area contributed by atoms with E-state index in [1.165, 1.54) is 28.8 Å². The van der Waals surface area contributed by atoms with E-state index in [1.807, 2.05) is 7.05 Å². The molecule has 0 aliphatic heterocycles. The van der Waals surface area contributed by atoms with Gasteiger partial charge in [-0.3, -0.25) is 0 Å². The summed E-state index contributed by atoms with van der Waals surface area (Å²) in [6.07, 6.45) is 5.53. The Bertz CT molecular complexity index is 1010. The second-order valence-electron chi connectivity index (χ2n) is 7.87. The van der Waals surface area contributed by atoms with Crippen LogP contribution in [0.15, 0.2) is 18.2 Å². The quantitative estimate of drug-likeness (QED) is 0.624. The first-order valence-corrected chi connectivity index (χ1v) is 10.5. The van der Waals surface area contributed by atoms with Crippen LogP contribution in [0.3, 0.4) is 0 Å². The third kappa shape index (κ3) is 3.03. The highest BCUT2D eigenvalue weighted by atomic mass is 15.3. The number of anilines is 2. The summed E-state index contributed by atoms with van der Waals surface area (Å²) in [4.78, 5) is 5.10. The van der Waals surface area contributed by atoms with Gasteiger partial charge in [-0.25, -0.2) is 4.98 Å². The van der Waals surface area contributed by atoms with E-state index in [1.54, 1.807) is 0 Å². The molecule has 0 saturated heterocycles. The van der Waals surface area contributed by atoms with Gasteiger partial charge in [0.15, 0.2) is 5.65 Å². The Hall–Kier alpha value is -2.56. The summed E-state index contributed by atoms with van der Waals surface area (Å²) >= 11 is 0. The minimum absolute atomic E-state index is 0.458. The maximum Gasteiger partial charge on any atom is 0.165 e. The van der Waals surface area contributed by atoms with E-state index >= 15 is 0 Å². The largest absolute Gasteiger partial charge is 0.388 e. The third-order valence-corrected chi connectivity index (χ3v) is 6.07. The smallest absolute Gasteiger partial charge is 0.165 e. The number of hydrogen-bond acceptors (Lipinski definition) is 4. The minimum Gasteiger partial charge on any atom is -0.388 e. The summed E-state index contributed by atoms with van der Waals surface area (Å²) in [6.45, 7) is 8.75. The first-order chi connectivity index (χ1) is 13.6. The molecule has 0 unspecified atom stereocenters. The topological polar surface area (TPSA) is 54.2 Å². The Kier molecular flexibility index (Phi) is 5.00. The van der Waals surface area contributed by atoms with E-state index in [0.717, 1.165) is 54.1 Å². The summed E-state index contributed by atoms with van der Waals surface area (Å²) in [5.74, 6) is 1.16. The van der Waals surface area contributed by atoms with E-state index in [9.17, 15) is 0 Å². The molecule has 28 heavy (non-hydrogen) atoms. The fraction of sp³-hybridized carbons (Fsp3) is 0.478. The molecule has 4 rings (SSSR count). The standard InChI is InChI=1S/C23H31N5/c1-6-16(7-2)25-22-19-9-8-10-20(19)26-23-21(15(4)27-28(22)23)18-12-11-17(24-5)13-14(18)3/h11-13,16,24-25H,6-10H2,1-5H3. The summed E-state index contributed by atoms with van der Waals surface area (Å²) in [5, 5.41) is 12.0. The van der Waals surface area contributed by atoms with Crippen molar-refractivity contribution in [3.63, 3.8) is 0 Å².